The number of piperidine rings is 2. The molecule has 20 heteroatoms. The predicted octanol–water partition coefficient (Wildman–Crippen LogP) is 5.29. The van der Waals surface area contributed by atoms with Crippen LogP contribution in [0.15, 0.2) is 111 Å². The molecule has 2 saturated heterocycles. The molecule has 0 spiro atoms. The molecule has 7 heterocycles. The molecule has 9 rings (SSSR count). The van der Waals surface area contributed by atoms with Crippen LogP contribution in [0, 0.1) is 5.82 Å². The molecular weight excluding hydrogens is 872 g/mol. The molecule has 7 aromatic rings. The second-order valence-electron chi connectivity index (χ2n) is 16.2. The van der Waals surface area contributed by atoms with E-state index in [-0.39, 0.29) is 48.1 Å². The van der Waals surface area contributed by atoms with Gasteiger partial charge in [-0.15, -0.1) is 0 Å². The molecule has 0 unspecified atom stereocenters. The van der Waals surface area contributed by atoms with Gasteiger partial charge in [0.25, 0.3) is 11.8 Å². The highest BCUT2D eigenvalue weighted by molar-refractivity contribution is 6.05. The number of methoxy groups -OCH3 is 1. The van der Waals surface area contributed by atoms with Crippen LogP contribution in [0.25, 0.3) is 28.0 Å². The number of hydrogen-bond acceptors (Lipinski definition) is 12. The van der Waals surface area contributed by atoms with Crippen molar-refractivity contribution in [2.45, 2.75) is 50.9 Å². The van der Waals surface area contributed by atoms with E-state index in [4.69, 9.17) is 4.74 Å². The number of amides is 4. The van der Waals surface area contributed by atoms with Gasteiger partial charge >= 0.3 is 0 Å². The number of ether oxygens (including phenoxy) is 1. The summed E-state index contributed by atoms with van der Waals surface area (Å²) in [6.45, 7) is 10.3. The van der Waals surface area contributed by atoms with Gasteiger partial charge in [0.1, 0.15) is 34.2 Å². The van der Waals surface area contributed by atoms with Crippen LogP contribution >= 0.6 is 0 Å². The normalized spacial score (nSPS) is 14.1. The molecule has 2 fully saturated rings. The third-order valence-electron chi connectivity index (χ3n) is 11.7. The van der Waals surface area contributed by atoms with E-state index in [1.807, 2.05) is 24.3 Å². The minimum absolute atomic E-state index is 0.0396. The van der Waals surface area contributed by atoms with Crippen molar-refractivity contribution in [2.75, 3.05) is 43.9 Å². The summed E-state index contributed by atoms with van der Waals surface area (Å²) in [5.41, 5.74) is 5.19. The van der Waals surface area contributed by atoms with Gasteiger partial charge in [0.15, 0.2) is 11.3 Å². The van der Waals surface area contributed by atoms with E-state index < -0.39 is 0 Å². The number of carbonyl (C=O) groups is 4. The standard InChI is InChI=1S/C25H25FN8O2.C23H26N6O3/c1-2-22(35)33-8-6-18(7-9-33)31-21-14-28-24-23(32-21)20(13-27-24)25(36)29-11-16-12-30-34(15-16)19-5-3-4-17(26)10-19;1-3-20(30)29-10-8-16(9-11-29)27-19-14-25-22-21(28-19)18(13-24-22)23(31)26-12-15-4-6-17(32-2)7-5-15/h2-5,10,12-15,18H,1,6-9,11H2,(H,27,28)(H,29,36)(H,31,32);3-7,13-14,16H,1,8-12H2,2H3,(H,24,25)(H,26,31)(H,27,28). The fraction of sp³-hybridized carbons (Fsp3) is 0.271. The minimum atomic E-state index is -0.347. The first kappa shape index (κ1) is 46.1. The number of likely N-dealkylation sites (tertiary alicyclic amines) is 2. The molecule has 0 aliphatic carbocycles. The number of H-pyrrole nitrogens is 2. The van der Waals surface area contributed by atoms with Gasteiger partial charge in [0, 0.05) is 75.5 Å². The van der Waals surface area contributed by atoms with Crippen molar-refractivity contribution in [2.24, 2.45) is 0 Å². The van der Waals surface area contributed by atoms with Crippen LogP contribution in [0.5, 0.6) is 5.75 Å². The van der Waals surface area contributed by atoms with Crippen LogP contribution in [-0.2, 0) is 22.7 Å². The number of benzene rings is 2. The van der Waals surface area contributed by atoms with Crippen molar-refractivity contribution in [1.82, 2.24) is 60.1 Å². The van der Waals surface area contributed by atoms with Gasteiger partial charge < -0.3 is 45.8 Å². The van der Waals surface area contributed by atoms with Gasteiger partial charge in [-0.25, -0.2) is 29.0 Å². The van der Waals surface area contributed by atoms with Crippen molar-refractivity contribution in [1.29, 1.82) is 0 Å². The van der Waals surface area contributed by atoms with E-state index in [0.717, 1.165) is 42.6 Å². The Hall–Kier alpha value is -8.42. The Morgan fingerprint density at radius 1 is 0.735 bits per heavy atom. The molecule has 0 saturated carbocycles. The van der Waals surface area contributed by atoms with E-state index >= 15 is 0 Å². The molecule has 2 aliphatic heterocycles. The van der Waals surface area contributed by atoms with E-state index in [9.17, 15) is 23.6 Å². The number of carbonyl (C=O) groups excluding carboxylic acids is 4. The molecule has 4 amide bonds. The van der Waals surface area contributed by atoms with Crippen LogP contribution in [0.3, 0.4) is 0 Å². The Bertz CT molecular complexity index is 2930. The van der Waals surface area contributed by atoms with Gasteiger partial charge in [-0.2, -0.15) is 5.10 Å². The third-order valence-corrected chi connectivity index (χ3v) is 11.7. The van der Waals surface area contributed by atoms with Gasteiger partial charge in [0.05, 0.1) is 42.5 Å². The smallest absolute Gasteiger partial charge is 0.255 e. The topological polar surface area (TPSA) is 233 Å². The number of nitrogens with one attached hydrogen (secondary N) is 6. The van der Waals surface area contributed by atoms with Crippen molar-refractivity contribution in [3.63, 3.8) is 0 Å². The van der Waals surface area contributed by atoms with E-state index in [1.54, 1.807) is 70.9 Å². The quantitative estimate of drug-likeness (QED) is 0.0765. The number of halogens is 1. The van der Waals surface area contributed by atoms with Crippen LogP contribution in [0.4, 0.5) is 16.0 Å². The molecule has 2 aromatic carbocycles. The lowest BCUT2D eigenvalue weighted by molar-refractivity contribution is -0.127. The molecule has 0 radical (unpaired) electrons. The fourth-order valence-corrected chi connectivity index (χ4v) is 7.94. The monoisotopic (exact) mass is 922 g/mol. The number of hydrogen-bond donors (Lipinski definition) is 6. The summed E-state index contributed by atoms with van der Waals surface area (Å²) in [6, 6.07) is 14.0. The number of anilines is 2. The van der Waals surface area contributed by atoms with Gasteiger partial charge in [-0.05, 0) is 73.7 Å². The lowest BCUT2D eigenvalue weighted by Crippen LogP contribution is -2.41. The maximum absolute atomic E-state index is 13.5. The van der Waals surface area contributed by atoms with Crippen LogP contribution in [0.2, 0.25) is 0 Å². The summed E-state index contributed by atoms with van der Waals surface area (Å²) in [5.74, 6) is 0.972. The van der Waals surface area contributed by atoms with E-state index in [1.165, 1.54) is 24.3 Å². The number of aromatic nitrogens is 8. The molecule has 2 aliphatic rings. The second-order valence-corrected chi connectivity index (χ2v) is 16.2. The first-order valence-corrected chi connectivity index (χ1v) is 22.1. The SMILES string of the molecule is C=CC(=O)N1CCC(Nc2cnc3[nH]cc(C(=O)NCc4ccc(OC)cc4)c3n2)CC1.C=CC(=O)N1CCC(Nc2cnc3[nH]cc(C(=O)NCc4cnn(-c5cccc(F)c5)c4)c3n2)CC1. The zero-order valence-electron chi connectivity index (χ0n) is 37.4. The molecule has 0 bridgehead atoms. The number of nitrogens with zero attached hydrogens (tertiary/aromatic N) is 8. The zero-order valence-corrected chi connectivity index (χ0v) is 37.4. The Labute approximate surface area is 390 Å². The lowest BCUT2D eigenvalue weighted by Gasteiger charge is -2.31. The molecule has 0 atom stereocenters. The van der Waals surface area contributed by atoms with Crippen molar-refractivity contribution in [3.8, 4) is 11.4 Å². The van der Waals surface area contributed by atoms with Crippen LogP contribution < -0.4 is 26.0 Å². The first-order valence-electron chi connectivity index (χ1n) is 22.1. The maximum atomic E-state index is 13.5. The Kier molecular flexibility index (Phi) is 14.4. The highest BCUT2D eigenvalue weighted by Crippen LogP contribution is 2.22. The van der Waals surface area contributed by atoms with Crippen molar-refractivity contribution >= 4 is 57.6 Å². The summed E-state index contributed by atoms with van der Waals surface area (Å²) in [7, 11) is 1.62. The third kappa shape index (κ3) is 11.1. The molecule has 68 heavy (non-hydrogen) atoms. The average molecular weight is 923 g/mol. The maximum Gasteiger partial charge on any atom is 0.255 e. The number of aromatic amines is 2. The number of rotatable bonds is 14. The Morgan fingerprint density at radius 3 is 1.74 bits per heavy atom. The van der Waals surface area contributed by atoms with Crippen molar-refractivity contribution < 1.29 is 28.3 Å². The highest BCUT2D eigenvalue weighted by atomic mass is 19.1. The second kappa shape index (κ2) is 21.3. The van der Waals surface area contributed by atoms with Crippen molar-refractivity contribution in [3.05, 3.63) is 139 Å². The molecular formula is C48H51FN14O5. The Balaban J connectivity index is 0.000000185. The van der Waals surface area contributed by atoms with E-state index in [0.29, 0.717) is 83.5 Å². The fourth-order valence-electron chi connectivity index (χ4n) is 7.94. The number of fused-ring (bicyclic) bond motifs is 2. The van der Waals surface area contributed by atoms with Gasteiger partial charge in [-0.3, -0.25) is 19.2 Å². The van der Waals surface area contributed by atoms with E-state index in [2.05, 4.69) is 69.4 Å². The van der Waals surface area contributed by atoms with Crippen LogP contribution in [-0.4, -0.2) is 118 Å². The van der Waals surface area contributed by atoms with Gasteiger partial charge in [-0.1, -0.05) is 31.4 Å². The highest BCUT2D eigenvalue weighted by Gasteiger charge is 2.24. The minimum Gasteiger partial charge on any atom is -0.497 e. The largest absolute Gasteiger partial charge is 0.497 e. The average Bonchev–Trinajstić information content (AvgIpc) is 4.14. The molecule has 6 N–H and O–H groups in total. The predicted molar refractivity (Wildman–Crippen MR) is 253 cm³/mol. The summed E-state index contributed by atoms with van der Waals surface area (Å²) in [5, 5.41) is 16.8. The van der Waals surface area contributed by atoms with Gasteiger partial charge in [0.2, 0.25) is 11.8 Å². The summed E-state index contributed by atoms with van der Waals surface area (Å²) in [4.78, 5) is 76.7. The van der Waals surface area contributed by atoms with Crippen LogP contribution in [0.1, 0.15) is 57.5 Å². The lowest BCUT2D eigenvalue weighted by atomic mass is 10.1. The summed E-state index contributed by atoms with van der Waals surface area (Å²) in [6.07, 6.45) is 15.7. The molecule has 19 nitrogen and oxygen atoms in total. The zero-order chi connectivity index (χ0) is 47.6. The first-order chi connectivity index (χ1) is 33.1. The summed E-state index contributed by atoms with van der Waals surface area (Å²) < 4.78 is 20.2. The Morgan fingerprint density at radius 2 is 1.25 bits per heavy atom. The molecule has 350 valence electrons. The molecule has 5 aromatic heterocycles. The summed E-state index contributed by atoms with van der Waals surface area (Å²) >= 11 is 0.